The Hall–Kier alpha value is -3.88. The van der Waals surface area contributed by atoms with Gasteiger partial charge in [-0.2, -0.15) is 5.10 Å². The summed E-state index contributed by atoms with van der Waals surface area (Å²) in [4.78, 5) is 24.6. The van der Waals surface area contributed by atoms with Crippen LogP contribution < -0.4 is 5.01 Å². The summed E-state index contributed by atoms with van der Waals surface area (Å²) in [5.74, 6) is -0.175. The number of rotatable bonds is 7. The Bertz CT molecular complexity index is 1640. The molecule has 0 saturated carbocycles. The number of fused-ring (bicyclic) bond motifs is 2. The summed E-state index contributed by atoms with van der Waals surface area (Å²) < 4.78 is -1.62. The molecule has 0 radical (unpaired) electrons. The van der Waals surface area contributed by atoms with Crippen LogP contribution in [0.3, 0.4) is 0 Å². The van der Waals surface area contributed by atoms with E-state index in [0.717, 1.165) is 35.1 Å². The van der Waals surface area contributed by atoms with Crippen LogP contribution in [0.25, 0.3) is 0 Å². The molecule has 2 aliphatic heterocycles. The number of para-hydroxylation sites is 2. The van der Waals surface area contributed by atoms with Crippen molar-refractivity contribution in [1.29, 1.82) is 0 Å². The van der Waals surface area contributed by atoms with Crippen molar-refractivity contribution < 1.29 is 9.72 Å². The Kier molecular flexibility index (Phi) is 6.99. The first-order valence-electron chi connectivity index (χ1n) is 13.6. The molecule has 206 valence electrons. The molecular weight excluding hydrogens is 551 g/mol. The second-order valence-electron chi connectivity index (χ2n) is 10.1. The lowest BCUT2D eigenvalue weighted by Gasteiger charge is -2.37. The lowest BCUT2D eigenvalue weighted by Crippen LogP contribution is -2.34. The maximum atomic E-state index is 12.8. The van der Waals surface area contributed by atoms with Crippen molar-refractivity contribution in [3.63, 3.8) is 0 Å². The van der Waals surface area contributed by atoms with Gasteiger partial charge < -0.3 is 0 Å². The lowest BCUT2D eigenvalue weighted by molar-refractivity contribution is -0.384. The number of nitro benzene ring substituents is 1. The van der Waals surface area contributed by atoms with Crippen molar-refractivity contribution in [3.8, 4) is 0 Å². The van der Waals surface area contributed by atoms with E-state index < -0.39 is 8.95 Å². The van der Waals surface area contributed by atoms with Gasteiger partial charge in [0.25, 0.3) is 5.69 Å². The van der Waals surface area contributed by atoms with Gasteiger partial charge in [-0.1, -0.05) is 122 Å². The average Bonchev–Trinajstić information content (AvgIpc) is 3.54. The number of benzene rings is 4. The van der Waals surface area contributed by atoms with E-state index in [9.17, 15) is 14.9 Å². The number of hydrogen-bond acceptors (Lipinski definition) is 7. The lowest BCUT2D eigenvalue weighted by atomic mass is 9.81. The Morgan fingerprint density at radius 3 is 1.90 bits per heavy atom. The van der Waals surface area contributed by atoms with E-state index in [1.807, 2.05) is 12.1 Å². The molecule has 4 aromatic carbocycles. The van der Waals surface area contributed by atoms with E-state index in [1.54, 1.807) is 35.0 Å². The zero-order valence-electron chi connectivity index (χ0n) is 23.0. The fraction of sp³-hybridized carbons (Fsp3) is 0.212. The number of thioether (sulfide) groups is 2. The van der Waals surface area contributed by atoms with Crippen molar-refractivity contribution in [3.05, 3.63) is 141 Å². The third-order valence-electron chi connectivity index (χ3n) is 7.79. The molecule has 1 atom stereocenters. The van der Waals surface area contributed by atoms with Gasteiger partial charge in [-0.25, -0.2) is 5.01 Å². The molecule has 8 heteroatoms. The van der Waals surface area contributed by atoms with Crippen LogP contribution in [-0.4, -0.2) is 15.8 Å². The summed E-state index contributed by atoms with van der Waals surface area (Å²) in [7, 11) is 0. The SMILES string of the molecule is CCc1ccc(C2(c3ccc(CC)cc3)S[C@]3(SC(C(C)=O)=NN3c3ccccc3[N+](=O)[O-])c3ccccc32)cc1. The van der Waals surface area contributed by atoms with Crippen molar-refractivity contribution in [1.82, 2.24) is 0 Å². The normalized spacial score (nSPS) is 18.8. The monoisotopic (exact) mass is 579 g/mol. The zero-order chi connectivity index (χ0) is 28.8. The predicted octanol–water partition coefficient (Wildman–Crippen LogP) is 8.02. The molecule has 0 fully saturated rings. The summed E-state index contributed by atoms with van der Waals surface area (Å²) in [6.07, 6.45) is 1.87. The molecule has 0 unspecified atom stereocenters. The minimum Gasteiger partial charge on any atom is -0.292 e. The Morgan fingerprint density at radius 1 is 0.829 bits per heavy atom. The van der Waals surface area contributed by atoms with Crippen LogP contribution >= 0.6 is 23.5 Å². The first-order chi connectivity index (χ1) is 19.8. The highest BCUT2D eigenvalue weighted by Crippen LogP contribution is 2.71. The van der Waals surface area contributed by atoms with Gasteiger partial charge in [0.05, 0.1) is 9.67 Å². The first kappa shape index (κ1) is 27.3. The number of hydrogen-bond donors (Lipinski definition) is 0. The predicted molar refractivity (Wildman–Crippen MR) is 169 cm³/mol. The summed E-state index contributed by atoms with van der Waals surface area (Å²) in [5.41, 5.74) is 7.03. The number of Topliss-reactive ketones (excluding diaryl/α,β-unsaturated/α-hetero) is 1. The number of ketones is 1. The van der Waals surface area contributed by atoms with Crippen LogP contribution in [0.5, 0.6) is 0 Å². The van der Waals surface area contributed by atoms with Crippen LogP contribution in [0.15, 0.2) is 102 Å². The Balaban J connectivity index is 1.65. The number of carbonyl (C=O) groups is 1. The van der Waals surface area contributed by atoms with Gasteiger partial charge in [-0.05, 0) is 46.7 Å². The van der Waals surface area contributed by atoms with Crippen molar-refractivity contribution in [2.75, 3.05) is 5.01 Å². The van der Waals surface area contributed by atoms with E-state index in [4.69, 9.17) is 5.10 Å². The maximum Gasteiger partial charge on any atom is 0.294 e. The van der Waals surface area contributed by atoms with Gasteiger partial charge in [0.15, 0.2) is 15.0 Å². The molecule has 0 amide bonds. The van der Waals surface area contributed by atoms with E-state index in [1.165, 1.54) is 35.9 Å². The van der Waals surface area contributed by atoms with Crippen molar-refractivity contribution >= 4 is 45.7 Å². The molecule has 2 heterocycles. The summed E-state index contributed by atoms with van der Waals surface area (Å²) in [5, 5.41) is 19.0. The molecule has 1 spiro atoms. The standard InChI is InChI=1S/C33H29N3O3S2/c1-4-23-14-18-25(19-15-23)32(26-20-16-24(5-2)17-21-26)27-10-6-7-11-28(27)33(41-32)35(34-31(40-33)22(3)37)29-12-8-9-13-30(29)36(38)39/h6-21H,4-5H2,1-3H3/t33-/m1/s1. The highest BCUT2D eigenvalue weighted by Gasteiger charge is 2.62. The molecule has 4 aromatic rings. The van der Waals surface area contributed by atoms with Crippen LogP contribution in [0.4, 0.5) is 11.4 Å². The maximum absolute atomic E-state index is 12.8. The smallest absolute Gasteiger partial charge is 0.292 e. The van der Waals surface area contributed by atoms with Crippen LogP contribution in [-0.2, 0) is 26.6 Å². The molecule has 0 aliphatic carbocycles. The molecule has 0 aromatic heterocycles. The van der Waals surface area contributed by atoms with Crippen LogP contribution in [0, 0.1) is 10.1 Å². The van der Waals surface area contributed by atoms with Gasteiger partial charge in [0.2, 0.25) is 0 Å². The number of nitro groups is 1. The van der Waals surface area contributed by atoms with Gasteiger partial charge in [0.1, 0.15) is 5.69 Å². The summed E-state index contributed by atoms with van der Waals surface area (Å²) >= 11 is 3.04. The van der Waals surface area contributed by atoms with Crippen LogP contribution in [0.2, 0.25) is 0 Å². The molecule has 2 aliphatic rings. The average molecular weight is 580 g/mol. The molecule has 0 bridgehead atoms. The topological polar surface area (TPSA) is 75.8 Å². The van der Waals surface area contributed by atoms with Gasteiger partial charge >= 0.3 is 0 Å². The first-order valence-corrected chi connectivity index (χ1v) is 15.3. The van der Waals surface area contributed by atoms with E-state index in [0.29, 0.717) is 10.7 Å². The molecular formula is C33H29N3O3S2. The van der Waals surface area contributed by atoms with E-state index >= 15 is 0 Å². The van der Waals surface area contributed by atoms with Gasteiger partial charge in [-0.3, -0.25) is 14.9 Å². The highest BCUT2D eigenvalue weighted by molar-refractivity contribution is 8.27. The Labute approximate surface area is 248 Å². The molecule has 6 nitrogen and oxygen atoms in total. The van der Waals surface area contributed by atoms with Crippen molar-refractivity contribution in [2.45, 2.75) is 42.6 Å². The molecule has 41 heavy (non-hydrogen) atoms. The molecule has 0 saturated heterocycles. The van der Waals surface area contributed by atoms with Gasteiger partial charge in [-0.15, -0.1) is 0 Å². The fourth-order valence-corrected chi connectivity index (χ4v) is 9.21. The summed E-state index contributed by atoms with van der Waals surface area (Å²) in [6.45, 7) is 5.78. The zero-order valence-corrected chi connectivity index (χ0v) is 24.7. The Morgan fingerprint density at radius 2 is 1.37 bits per heavy atom. The highest BCUT2D eigenvalue weighted by atomic mass is 32.2. The fourth-order valence-electron chi connectivity index (χ4n) is 5.67. The van der Waals surface area contributed by atoms with E-state index in [-0.39, 0.29) is 16.4 Å². The second kappa shape index (κ2) is 10.5. The summed E-state index contributed by atoms with van der Waals surface area (Å²) in [6, 6.07) is 32.3. The third-order valence-corrected chi connectivity index (χ3v) is 11.2. The number of aryl methyl sites for hydroxylation is 2. The quantitative estimate of drug-likeness (QED) is 0.163. The van der Waals surface area contributed by atoms with Crippen LogP contribution in [0.1, 0.15) is 54.2 Å². The molecule has 0 N–H and O–H groups in total. The second-order valence-corrected chi connectivity index (χ2v) is 13.0. The van der Waals surface area contributed by atoms with E-state index in [2.05, 4.69) is 74.5 Å². The van der Waals surface area contributed by atoms with Crippen molar-refractivity contribution in [2.24, 2.45) is 5.10 Å². The third kappa shape index (κ3) is 4.28. The number of hydrazone groups is 1. The number of carbonyl (C=O) groups excluding carboxylic acids is 1. The molecule has 6 rings (SSSR count). The number of nitrogens with zero attached hydrogens (tertiary/aromatic N) is 3. The largest absolute Gasteiger partial charge is 0.294 e. The minimum absolute atomic E-state index is 0.0591. The minimum atomic E-state index is -0.962. The number of anilines is 1. The van der Waals surface area contributed by atoms with Gasteiger partial charge in [0, 0.05) is 18.6 Å².